The van der Waals surface area contributed by atoms with Crippen LogP contribution < -0.4 is 5.73 Å². The highest BCUT2D eigenvalue weighted by Crippen LogP contribution is 2.23. The highest BCUT2D eigenvalue weighted by molar-refractivity contribution is 7.89. The van der Waals surface area contributed by atoms with Gasteiger partial charge in [-0.3, -0.25) is 0 Å². The van der Waals surface area contributed by atoms with Crippen LogP contribution in [0.25, 0.3) is 0 Å². The molecule has 6 heteroatoms. The lowest BCUT2D eigenvalue weighted by molar-refractivity contribution is 0.253. The summed E-state index contributed by atoms with van der Waals surface area (Å²) in [7, 11) is -3.62. The molecule has 1 aromatic rings. The van der Waals surface area contributed by atoms with Gasteiger partial charge in [0.1, 0.15) is 4.90 Å². The number of nitrogens with zero attached hydrogens (tertiary/aromatic N) is 1. The van der Waals surface area contributed by atoms with Gasteiger partial charge in [-0.05, 0) is 31.0 Å². The van der Waals surface area contributed by atoms with Crippen LogP contribution in [-0.2, 0) is 10.0 Å². The maximum atomic E-state index is 12.4. The number of rotatable bonds is 6. The van der Waals surface area contributed by atoms with Gasteiger partial charge in [-0.1, -0.05) is 13.0 Å². The minimum Gasteiger partial charge on any atom is -0.398 e. The summed E-state index contributed by atoms with van der Waals surface area (Å²) in [6, 6.07) is 4.86. The van der Waals surface area contributed by atoms with Crippen molar-refractivity contribution in [3.8, 4) is 0 Å². The molecule has 0 saturated heterocycles. The molecule has 0 aliphatic heterocycles. The van der Waals surface area contributed by atoms with Crippen LogP contribution >= 0.6 is 0 Å². The number of hydrogen-bond acceptors (Lipinski definition) is 4. The highest BCUT2D eigenvalue weighted by atomic mass is 32.2. The zero-order valence-electron chi connectivity index (χ0n) is 10.8. The molecule has 0 aliphatic rings. The van der Waals surface area contributed by atoms with E-state index in [9.17, 15) is 8.42 Å². The van der Waals surface area contributed by atoms with E-state index in [0.29, 0.717) is 13.0 Å². The van der Waals surface area contributed by atoms with Crippen molar-refractivity contribution in [2.45, 2.75) is 25.2 Å². The quantitative estimate of drug-likeness (QED) is 0.756. The molecule has 0 bridgehead atoms. The predicted octanol–water partition coefficient (Wildman–Crippen LogP) is 0.970. The van der Waals surface area contributed by atoms with Crippen LogP contribution in [0.5, 0.6) is 0 Å². The standard InChI is InChI=1S/C12H20N2O3S/c1-3-6-14(7-8-15)18(16,17)12-5-4-10(2)9-11(12)13/h4-5,9,15H,3,6-8,13H2,1-2H3. The van der Waals surface area contributed by atoms with Crippen LogP contribution in [0.2, 0.25) is 0 Å². The van der Waals surface area contributed by atoms with E-state index >= 15 is 0 Å². The molecule has 0 fully saturated rings. The van der Waals surface area contributed by atoms with Gasteiger partial charge in [0, 0.05) is 13.1 Å². The molecule has 0 spiro atoms. The first-order valence-electron chi connectivity index (χ1n) is 5.90. The van der Waals surface area contributed by atoms with E-state index in [1.807, 2.05) is 13.8 Å². The van der Waals surface area contributed by atoms with Crippen molar-refractivity contribution < 1.29 is 13.5 Å². The fraction of sp³-hybridized carbons (Fsp3) is 0.500. The lowest BCUT2D eigenvalue weighted by Gasteiger charge is -2.21. The molecule has 0 saturated carbocycles. The smallest absolute Gasteiger partial charge is 0.245 e. The summed E-state index contributed by atoms with van der Waals surface area (Å²) in [6.07, 6.45) is 0.686. The van der Waals surface area contributed by atoms with E-state index in [1.54, 1.807) is 12.1 Å². The van der Waals surface area contributed by atoms with Crippen molar-refractivity contribution in [3.63, 3.8) is 0 Å². The molecule has 0 amide bonds. The zero-order valence-corrected chi connectivity index (χ0v) is 11.6. The average Bonchev–Trinajstić information content (AvgIpc) is 2.28. The van der Waals surface area contributed by atoms with Crippen molar-refractivity contribution in [2.24, 2.45) is 0 Å². The number of aliphatic hydroxyl groups excluding tert-OH is 1. The van der Waals surface area contributed by atoms with E-state index in [0.717, 1.165) is 5.56 Å². The summed E-state index contributed by atoms with van der Waals surface area (Å²) < 4.78 is 26.0. The van der Waals surface area contributed by atoms with Crippen LogP contribution in [0.1, 0.15) is 18.9 Å². The van der Waals surface area contributed by atoms with Gasteiger partial charge in [-0.25, -0.2) is 8.42 Å². The first kappa shape index (κ1) is 14.9. The summed E-state index contributed by atoms with van der Waals surface area (Å²) in [5.41, 5.74) is 6.93. The number of sulfonamides is 1. The van der Waals surface area contributed by atoms with Crippen LogP contribution in [0.15, 0.2) is 23.1 Å². The molecule has 18 heavy (non-hydrogen) atoms. The third kappa shape index (κ3) is 3.22. The molecule has 0 atom stereocenters. The lowest BCUT2D eigenvalue weighted by Crippen LogP contribution is -2.34. The van der Waals surface area contributed by atoms with E-state index in [1.165, 1.54) is 10.4 Å². The molecule has 1 aromatic carbocycles. The Balaban J connectivity index is 3.17. The third-order valence-electron chi connectivity index (χ3n) is 2.61. The van der Waals surface area contributed by atoms with Gasteiger partial charge in [0.05, 0.1) is 12.3 Å². The molecule has 1 rings (SSSR count). The second kappa shape index (κ2) is 6.17. The summed E-state index contributed by atoms with van der Waals surface area (Å²) in [6.45, 7) is 3.99. The second-order valence-electron chi connectivity index (χ2n) is 4.17. The minimum atomic E-state index is -3.62. The largest absolute Gasteiger partial charge is 0.398 e. The zero-order chi connectivity index (χ0) is 13.8. The molecule has 0 aromatic heterocycles. The SMILES string of the molecule is CCCN(CCO)S(=O)(=O)c1ccc(C)cc1N. The topological polar surface area (TPSA) is 83.6 Å². The van der Waals surface area contributed by atoms with Crippen LogP contribution in [-0.4, -0.2) is 37.5 Å². The normalized spacial score (nSPS) is 12.0. The summed E-state index contributed by atoms with van der Waals surface area (Å²) in [5.74, 6) is 0. The predicted molar refractivity (Wildman–Crippen MR) is 71.7 cm³/mol. The first-order chi connectivity index (χ1) is 8.43. The van der Waals surface area contributed by atoms with Crippen LogP contribution in [0.4, 0.5) is 5.69 Å². The summed E-state index contributed by atoms with van der Waals surface area (Å²) in [4.78, 5) is 0.106. The van der Waals surface area contributed by atoms with Gasteiger partial charge in [0.2, 0.25) is 10.0 Å². The summed E-state index contributed by atoms with van der Waals surface area (Å²) >= 11 is 0. The van der Waals surface area contributed by atoms with Gasteiger partial charge < -0.3 is 10.8 Å². The monoisotopic (exact) mass is 272 g/mol. The van der Waals surface area contributed by atoms with Crippen molar-refractivity contribution in [2.75, 3.05) is 25.4 Å². The average molecular weight is 272 g/mol. The fourth-order valence-corrected chi connectivity index (χ4v) is 3.37. The molecule has 0 unspecified atom stereocenters. The van der Waals surface area contributed by atoms with E-state index in [2.05, 4.69) is 0 Å². The molecule has 3 N–H and O–H groups in total. The Labute approximate surface area is 108 Å². The molecule has 0 heterocycles. The maximum Gasteiger partial charge on any atom is 0.245 e. The Morgan fingerprint density at radius 3 is 2.50 bits per heavy atom. The van der Waals surface area contributed by atoms with Crippen molar-refractivity contribution in [1.82, 2.24) is 4.31 Å². The van der Waals surface area contributed by atoms with E-state index in [-0.39, 0.29) is 23.7 Å². The summed E-state index contributed by atoms with van der Waals surface area (Å²) in [5, 5.41) is 8.95. The molecule has 5 nitrogen and oxygen atoms in total. The number of hydrogen-bond donors (Lipinski definition) is 2. The van der Waals surface area contributed by atoms with E-state index < -0.39 is 10.0 Å². The minimum absolute atomic E-state index is 0.0868. The van der Waals surface area contributed by atoms with Crippen molar-refractivity contribution >= 4 is 15.7 Å². The van der Waals surface area contributed by atoms with Crippen molar-refractivity contribution in [1.29, 1.82) is 0 Å². The van der Waals surface area contributed by atoms with Gasteiger partial charge in [-0.2, -0.15) is 4.31 Å². The molecular weight excluding hydrogens is 252 g/mol. The number of nitrogens with two attached hydrogens (primary N) is 1. The number of aliphatic hydroxyl groups is 1. The molecular formula is C12H20N2O3S. The lowest BCUT2D eigenvalue weighted by atomic mass is 10.2. The van der Waals surface area contributed by atoms with Gasteiger partial charge in [0.15, 0.2) is 0 Å². The van der Waals surface area contributed by atoms with Gasteiger partial charge >= 0.3 is 0 Å². The Morgan fingerprint density at radius 1 is 1.33 bits per heavy atom. The Kier molecular flexibility index (Phi) is 5.13. The fourth-order valence-electron chi connectivity index (χ4n) is 1.75. The number of aryl methyl sites for hydroxylation is 1. The molecule has 102 valence electrons. The van der Waals surface area contributed by atoms with Gasteiger partial charge in [-0.15, -0.1) is 0 Å². The number of anilines is 1. The van der Waals surface area contributed by atoms with E-state index in [4.69, 9.17) is 10.8 Å². The Morgan fingerprint density at radius 2 is 2.00 bits per heavy atom. The van der Waals surface area contributed by atoms with Gasteiger partial charge in [0.25, 0.3) is 0 Å². The number of benzene rings is 1. The highest BCUT2D eigenvalue weighted by Gasteiger charge is 2.25. The second-order valence-corrected chi connectivity index (χ2v) is 6.08. The molecule has 0 aliphatic carbocycles. The van der Waals surface area contributed by atoms with Crippen molar-refractivity contribution in [3.05, 3.63) is 23.8 Å². The third-order valence-corrected chi connectivity index (χ3v) is 4.58. The van der Waals surface area contributed by atoms with Crippen LogP contribution in [0, 0.1) is 6.92 Å². The first-order valence-corrected chi connectivity index (χ1v) is 7.34. The maximum absolute atomic E-state index is 12.4. The number of nitrogen functional groups attached to an aromatic ring is 1. The Hall–Kier alpha value is -1.11. The molecule has 0 radical (unpaired) electrons. The Bertz CT molecular complexity index is 494. The van der Waals surface area contributed by atoms with Crippen LogP contribution in [0.3, 0.4) is 0 Å².